The van der Waals surface area contributed by atoms with Gasteiger partial charge in [-0.25, -0.2) is 9.59 Å². The lowest BCUT2D eigenvalue weighted by Gasteiger charge is -2.49. The number of carbonyl (C=O) groups is 3. The van der Waals surface area contributed by atoms with Crippen LogP contribution in [0, 0.1) is 0 Å². The molecule has 0 saturated carbocycles. The molecule has 7 heteroatoms. The third-order valence-electron chi connectivity index (χ3n) is 5.12. The van der Waals surface area contributed by atoms with Crippen molar-refractivity contribution in [3.05, 3.63) is 12.2 Å². The molecule has 0 rings (SSSR count). The standard InChI is InChI=1S/C18H31NO6/c1-5-6-7-8-9-10-11-12-19(13(2)16(20)21,14(3)17(22)23)15(4)18(24)25/h5-6,13-15H,7-12H2,1-4H3,(H2-,20,21,22,23,24,25)/b6-5+. The maximum Gasteiger partial charge on any atom is 0.362 e. The van der Waals surface area contributed by atoms with Crippen LogP contribution in [-0.2, 0) is 14.4 Å². The Labute approximate surface area is 149 Å². The Hall–Kier alpha value is -1.89. The number of allylic oxidation sites excluding steroid dienone is 2. The quantitative estimate of drug-likeness (QED) is 0.293. The topological polar surface area (TPSA) is 115 Å². The maximum absolute atomic E-state index is 11.6. The van der Waals surface area contributed by atoms with Gasteiger partial charge in [-0.2, -0.15) is 0 Å². The van der Waals surface area contributed by atoms with E-state index in [1.54, 1.807) is 0 Å². The van der Waals surface area contributed by atoms with E-state index in [0.717, 1.165) is 25.7 Å². The fourth-order valence-electron chi connectivity index (χ4n) is 3.36. The van der Waals surface area contributed by atoms with Gasteiger partial charge in [-0.3, -0.25) is 4.48 Å². The van der Waals surface area contributed by atoms with Crippen LogP contribution in [0.4, 0.5) is 0 Å². The molecule has 7 nitrogen and oxygen atoms in total. The van der Waals surface area contributed by atoms with E-state index >= 15 is 0 Å². The van der Waals surface area contributed by atoms with Gasteiger partial charge in [0.2, 0.25) is 0 Å². The second kappa shape index (κ2) is 10.9. The number of carbonyl (C=O) groups excluding carboxylic acids is 1. The number of nitrogens with zero attached hydrogens (tertiary/aromatic N) is 1. The zero-order valence-electron chi connectivity index (χ0n) is 15.6. The molecule has 144 valence electrons. The van der Waals surface area contributed by atoms with Crippen LogP contribution in [-0.4, -0.2) is 57.3 Å². The molecule has 0 heterocycles. The van der Waals surface area contributed by atoms with Crippen molar-refractivity contribution in [3.63, 3.8) is 0 Å². The summed E-state index contributed by atoms with van der Waals surface area (Å²) in [6.07, 6.45) is 8.27. The minimum Gasteiger partial charge on any atom is -0.544 e. The minimum atomic E-state index is -1.44. The van der Waals surface area contributed by atoms with Gasteiger partial charge in [-0.15, -0.1) is 0 Å². The molecule has 0 saturated heterocycles. The molecule has 3 atom stereocenters. The van der Waals surface area contributed by atoms with Crippen molar-refractivity contribution < 1.29 is 34.2 Å². The van der Waals surface area contributed by atoms with E-state index in [-0.39, 0.29) is 6.54 Å². The summed E-state index contributed by atoms with van der Waals surface area (Å²) < 4.78 is -0.554. The molecule has 0 amide bonds. The Morgan fingerprint density at radius 1 is 0.920 bits per heavy atom. The first-order valence-corrected chi connectivity index (χ1v) is 8.77. The molecule has 0 aromatic carbocycles. The van der Waals surface area contributed by atoms with Crippen molar-refractivity contribution in [2.24, 2.45) is 0 Å². The molecule has 0 fully saturated rings. The lowest BCUT2D eigenvalue weighted by molar-refractivity contribution is -0.969. The molecule has 0 bridgehead atoms. The van der Waals surface area contributed by atoms with Crippen LogP contribution in [0.2, 0.25) is 0 Å². The van der Waals surface area contributed by atoms with Crippen LogP contribution in [0.5, 0.6) is 0 Å². The Morgan fingerprint density at radius 3 is 1.80 bits per heavy atom. The first kappa shape index (κ1) is 23.1. The fraction of sp³-hybridized carbons (Fsp3) is 0.722. The van der Waals surface area contributed by atoms with Crippen molar-refractivity contribution in [2.75, 3.05) is 6.54 Å². The molecule has 0 radical (unpaired) electrons. The molecule has 0 aliphatic carbocycles. The average Bonchev–Trinajstić information content (AvgIpc) is 2.55. The highest BCUT2D eigenvalue weighted by Gasteiger charge is 2.50. The Balaban J connectivity index is 5.37. The van der Waals surface area contributed by atoms with Crippen LogP contribution in [0.3, 0.4) is 0 Å². The molecule has 0 aromatic heterocycles. The maximum atomic E-state index is 11.6. The molecular weight excluding hydrogens is 326 g/mol. The van der Waals surface area contributed by atoms with Crippen molar-refractivity contribution in [2.45, 2.75) is 77.9 Å². The van der Waals surface area contributed by atoms with Gasteiger partial charge >= 0.3 is 11.9 Å². The van der Waals surface area contributed by atoms with E-state index in [1.807, 2.05) is 13.0 Å². The third kappa shape index (κ3) is 6.16. The number of carboxylic acid groups (broad SMARTS) is 3. The summed E-state index contributed by atoms with van der Waals surface area (Å²) >= 11 is 0. The lowest BCUT2D eigenvalue weighted by Crippen LogP contribution is -2.72. The Morgan fingerprint density at radius 2 is 1.40 bits per heavy atom. The normalized spacial score (nSPS) is 17.6. The minimum absolute atomic E-state index is 0.166. The van der Waals surface area contributed by atoms with E-state index in [2.05, 4.69) is 6.08 Å². The highest BCUT2D eigenvalue weighted by molar-refractivity contribution is 5.76. The first-order chi connectivity index (χ1) is 11.6. The summed E-state index contributed by atoms with van der Waals surface area (Å²) in [6.45, 7) is 6.19. The van der Waals surface area contributed by atoms with E-state index in [1.165, 1.54) is 20.8 Å². The van der Waals surface area contributed by atoms with Crippen LogP contribution in [0.1, 0.15) is 59.8 Å². The van der Waals surface area contributed by atoms with Gasteiger partial charge < -0.3 is 20.1 Å². The molecule has 3 unspecified atom stereocenters. The molecule has 0 spiro atoms. The lowest BCUT2D eigenvalue weighted by atomic mass is 10.00. The highest BCUT2D eigenvalue weighted by atomic mass is 16.4. The zero-order chi connectivity index (χ0) is 19.6. The van der Waals surface area contributed by atoms with E-state index in [9.17, 15) is 29.7 Å². The number of carboxylic acids is 3. The second-order valence-corrected chi connectivity index (χ2v) is 6.51. The van der Waals surface area contributed by atoms with Gasteiger partial charge in [-0.05, 0) is 53.4 Å². The van der Waals surface area contributed by atoms with Gasteiger partial charge in [0.05, 0.1) is 12.5 Å². The van der Waals surface area contributed by atoms with Crippen LogP contribution in [0.15, 0.2) is 12.2 Å². The second-order valence-electron chi connectivity index (χ2n) is 6.51. The number of aliphatic carboxylic acids is 3. The largest absolute Gasteiger partial charge is 0.544 e. The summed E-state index contributed by atoms with van der Waals surface area (Å²) in [5, 5.41) is 30.4. The van der Waals surface area contributed by atoms with Gasteiger partial charge in [0.25, 0.3) is 0 Å². The summed E-state index contributed by atoms with van der Waals surface area (Å²) in [4.78, 5) is 34.6. The summed E-state index contributed by atoms with van der Waals surface area (Å²) in [7, 11) is 0. The summed E-state index contributed by atoms with van der Waals surface area (Å²) in [5.74, 6) is -3.86. The van der Waals surface area contributed by atoms with Gasteiger partial charge in [-0.1, -0.05) is 18.6 Å². The smallest absolute Gasteiger partial charge is 0.362 e. The molecule has 2 N–H and O–H groups in total. The predicted molar refractivity (Wildman–Crippen MR) is 91.7 cm³/mol. The number of rotatable bonds is 13. The van der Waals surface area contributed by atoms with Gasteiger partial charge in [0.1, 0.15) is 6.04 Å². The van der Waals surface area contributed by atoms with Crippen molar-refractivity contribution in [1.29, 1.82) is 0 Å². The Bertz CT molecular complexity index is 438. The van der Waals surface area contributed by atoms with Crippen LogP contribution < -0.4 is 5.11 Å². The van der Waals surface area contributed by atoms with Crippen LogP contribution in [0.25, 0.3) is 0 Å². The van der Waals surface area contributed by atoms with Gasteiger partial charge in [0, 0.05) is 0 Å². The fourth-order valence-corrected chi connectivity index (χ4v) is 3.36. The molecule has 0 aromatic rings. The molecule has 0 aliphatic rings. The van der Waals surface area contributed by atoms with Crippen LogP contribution >= 0.6 is 0 Å². The number of unbranched alkanes of at least 4 members (excludes halogenated alkanes) is 4. The Kier molecular flexibility index (Phi) is 10.0. The number of hydrogen-bond acceptors (Lipinski definition) is 4. The van der Waals surface area contributed by atoms with Crippen molar-refractivity contribution in [3.8, 4) is 0 Å². The van der Waals surface area contributed by atoms with Gasteiger partial charge in [0.15, 0.2) is 12.1 Å². The number of hydrogen-bond donors (Lipinski definition) is 2. The van der Waals surface area contributed by atoms with E-state index in [0.29, 0.717) is 6.42 Å². The summed E-state index contributed by atoms with van der Waals surface area (Å²) in [6, 6.07) is -3.57. The average molecular weight is 357 g/mol. The molecule has 25 heavy (non-hydrogen) atoms. The molecule has 0 aliphatic heterocycles. The first-order valence-electron chi connectivity index (χ1n) is 8.77. The monoisotopic (exact) mass is 357 g/mol. The highest BCUT2D eigenvalue weighted by Crippen LogP contribution is 2.27. The third-order valence-corrected chi connectivity index (χ3v) is 5.12. The molecular formula is C18H31NO6. The van der Waals surface area contributed by atoms with E-state index < -0.39 is 40.5 Å². The van der Waals surface area contributed by atoms with Crippen molar-refractivity contribution >= 4 is 17.9 Å². The summed E-state index contributed by atoms with van der Waals surface area (Å²) in [5.41, 5.74) is 0. The van der Waals surface area contributed by atoms with Crippen molar-refractivity contribution in [1.82, 2.24) is 0 Å². The number of quaternary nitrogens is 1. The zero-order valence-corrected chi connectivity index (χ0v) is 15.6. The predicted octanol–water partition coefficient (Wildman–Crippen LogP) is 1.41. The SMILES string of the molecule is C/C=C/CCCCCC[N+](C(C)C(=O)[O-])(C(C)C(=O)O)C(C)C(=O)O. The van der Waals surface area contributed by atoms with E-state index in [4.69, 9.17) is 0 Å².